The Labute approximate surface area is 176 Å². The zero-order valence-electron chi connectivity index (χ0n) is 16.5. The van der Waals surface area contributed by atoms with Gasteiger partial charge in [0.15, 0.2) is 0 Å². The van der Waals surface area contributed by atoms with Crippen LogP contribution in [-0.2, 0) is 23.1 Å². The summed E-state index contributed by atoms with van der Waals surface area (Å²) in [7, 11) is -3.31. The standard InChI is InChI=1S/C22H23N3O4S/c1-30(27,28)25-19-11-7-17(8-12-19)15-23-22(26)24-16-18-9-13-21(14-10-18)29-20-5-3-2-4-6-20/h2-14,25H,15-16H2,1H3,(H2,23,24,26). The van der Waals surface area contributed by atoms with E-state index in [1.165, 1.54) is 0 Å². The van der Waals surface area contributed by atoms with Crippen molar-refractivity contribution in [3.05, 3.63) is 90.0 Å². The minimum absolute atomic E-state index is 0.294. The molecule has 0 aromatic heterocycles. The summed E-state index contributed by atoms with van der Waals surface area (Å²) >= 11 is 0. The maximum absolute atomic E-state index is 12.0. The van der Waals surface area contributed by atoms with Gasteiger partial charge in [-0.05, 0) is 47.5 Å². The summed E-state index contributed by atoms with van der Waals surface area (Å²) in [6.07, 6.45) is 1.09. The number of anilines is 1. The second kappa shape index (κ2) is 9.80. The lowest BCUT2D eigenvalue weighted by Crippen LogP contribution is -2.34. The molecule has 0 aliphatic rings. The first-order valence-electron chi connectivity index (χ1n) is 9.28. The minimum Gasteiger partial charge on any atom is -0.457 e. The van der Waals surface area contributed by atoms with Crippen LogP contribution in [-0.4, -0.2) is 20.7 Å². The smallest absolute Gasteiger partial charge is 0.315 e. The van der Waals surface area contributed by atoms with Gasteiger partial charge in [-0.3, -0.25) is 4.72 Å². The molecule has 3 aromatic rings. The number of benzene rings is 3. The van der Waals surface area contributed by atoms with Gasteiger partial charge in [0.2, 0.25) is 10.0 Å². The lowest BCUT2D eigenvalue weighted by molar-refractivity contribution is 0.240. The van der Waals surface area contributed by atoms with Crippen LogP contribution >= 0.6 is 0 Å². The number of urea groups is 1. The first kappa shape index (κ1) is 21.2. The maximum atomic E-state index is 12.0. The predicted octanol–water partition coefficient (Wildman–Crippen LogP) is 3.85. The molecular weight excluding hydrogens is 402 g/mol. The van der Waals surface area contributed by atoms with Crippen molar-refractivity contribution in [3.63, 3.8) is 0 Å². The molecule has 0 fully saturated rings. The molecule has 0 unspecified atom stereocenters. The average Bonchev–Trinajstić information content (AvgIpc) is 2.72. The van der Waals surface area contributed by atoms with Gasteiger partial charge in [-0.15, -0.1) is 0 Å². The van der Waals surface area contributed by atoms with Crippen molar-refractivity contribution in [2.24, 2.45) is 0 Å². The second-order valence-electron chi connectivity index (χ2n) is 6.67. The molecule has 30 heavy (non-hydrogen) atoms. The van der Waals surface area contributed by atoms with Crippen LogP contribution in [0.3, 0.4) is 0 Å². The molecule has 3 N–H and O–H groups in total. The van der Waals surface area contributed by atoms with Gasteiger partial charge in [0, 0.05) is 18.8 Å². The fraction of sp³-hybridized carbons (Fsp3) is 0.136. The number of para-hydroxylation sites is 1. The Balaban J connectivity index is 1.42. The van der Waals surface area contributed by atoms with Crippen molar-refractivity contribution in [2.75, 3.05) is 11.0 Å². The first-order chi connectivity index (χ1) is 14.4. The maximum Gasteiger partial charge on any atom is 0.315 e. The van der Waals surface area contributed by atoms with Crippen LogP contribution in [0, 0.1) is 0 Å². The van der Waals surface area contributed by atoms with E-state index in [4.69, 9.17) is 4.74 Å². The van der Waals surface area contributed by atoms with Crippen molar-refractivity contribution >= 4 is 21.7 Å². The van der Waals surface area contributed by atoms with Crippen LogP contribution in [0.1, 0.15) is 11.1 Å². The molecule has 3 aromatic carbocycles. The summed E-state index contributed by atoms with van der Waals surface area (Å²) in [5.41, 5.74) is 2.28. The quantitative estimate of drug-likeness (QED) is 0.511. The number of hydrogen-bond acceptors (Lipinski definition) is 4. The molecule has 8 heteroatoms. The molecule has 0 saturated carbocycles. The summed E-state index contributed by atoms with van der Waals surface area (Å²) in [5, 5.41) is 5.57. The highest BCUT2D eigenvalue weighted by molar-refractivity contribution is 7.92. The molecule has 3 rings (SSSR count). The van der Waals surface area contributed by atoms with Crippen LogP contribution in [0.4, 0.5) is 10.5 Å². The minimum atomic E-state index is -3.31. The fourth-order valence-corrected chi connectivity index (χ4v) is 3.20. The second-order valence-corrected chi connectivity index (χ2v) is 8.41. The van der Waals surface area contributed by atoms with E-state index in [1.807, 2.05) is 54.6 Å². The van der Waals surface area contributed by atoms with Gasteiger partial charge in [0.1, 0.15) is 11.5 Å². The number of ether oxygens (including phenoxy) is 1. The van der Waals surface area contributed by atoms with Gasteiger partial charge >= 0.3 is 6.03 Å². The Morgan fingerprint density at radius 2 is 1.27 bits per heavy atom. The van der Waals surface area contributed by atoms with Gasteiger partial charge in [-0.1, -0.05) is 42.5 Å². The predicted molar refractivity (Wildman–Crippen MR) is 117 cm³/mol. The number of nitrogens with one attached hydrogen (secondary N) is 3. The molecule has 0 spiro atoms. The van der Waals surface area contributed by atoms with Crippen LogP contribution in [0.2, 0.25) is 0 Å². The van der Waals surface area contributed by atoms with Crippen molar-refractivity contribution in [1.29, 1.82) is 0 Å². The lowest BCUT2D eigenvalue weighted by Gasteiger charge is -2.10. The van der Waals surface area contributed by atoms with Crippen molar-refractivity contribution < 1.29 is 17.9 Å². The Bertz CT molecular complexity index is 1070. The van der Waals surface area contributed by atoms with Crippen LogP contribution in [0.15, 0.2) is 78.9 Å². The highest BCUT2D eigenvalue weighted by atomic mass is 32.2. The highest BCUT2D eigenvalue weighted by Gasteiger charge is 2.04. The van der Waals surface area contributed by atoms with Crippen molar-refractivity contribution in [1.82, 2.24) is 10.6 Å². The molecule has 0 radical (unpaired) electrons. The van der Waals surface area contributed by atoms with E-state index >= 15 is 0 Å². The zero-order valence-corrected chi connectivity index (χ0v) is 17.3. The molecule has 0 heterocycles. The van der Waals surface area contributed by atoms with Crippen LogP contribution < -0.4 is 20.1 Å². The van der Waals surface area contributed by atoms with Gasteiger partial charge in [0.25, 0.3) is 0 Å². The molecule has 2 amide bonds. The molecule has 7 nitrogen and oxygen atoms in total. The number of amides is 2. The van der Waals surface area contributed by atoms with Gasteiger partial charge in [0.05, 0.1) is 6.26 Å². The highest BCUT2D eigenvalue weighted by Crippen LogP contribution is 2.21. The van der Waals surface area contributed by atoms with E-state index in [0.29, 0.717) is 18.8 Å². The Morgan fingerprint density at radius 3 is 1.80 bits per heavy atom. The third-order valence-electron chi connectivity index (χ3n) is 4.07. The van der Waals surface area contributed by atoms with E-state index in [0.717, 1.165) is 28.9 Å². The van der Waals surface area contributed by atoms with Crippen LogP contribution in [0.5, 0.6) is 11.5 Å². The largest absolute Gasteiger partial charge is 0.457 e. The summed E-state index contributed by atoms with van der Waals surface area (Å²) < 4.78 is 30.6. The molecule has 0 aliphatic carbocycles. The first-order valence-corrected chi connectivity index (χ1v) is 11.2. The van der Waals surface area contributed by atoms with E-state index < -0.39 is 10.0 Å². The average molecular weight is 426 g/mol. The van der Waals surface area contributed by atoms with E-state index in [1.54, 1.807) is 24.3 Å². The lowest BCUT2D eigenvalue weighted by atomic mass is 10.2. The Kier molecular flexibility index (Phi) is 6.92. The number of rotatable bonds is 8. The molecule has 156 valence electrons. The molecular formula is C22H23N3O4S. The summed E-state index contributed by atoms with van der Waals surface area (Å²) in [6.45, 7) is 0.712. The monoisotopic (exact) mass is 425 g/mol. The van der Waals surface area contributed by atoms with E-state index in [2.05, 4.69) is 15.4 Å². The Hall–Kier alpha value is -3.52. The number of carbonyl (C=O) groups excluding carboxylic acids is 1. The number of hydrogen-bond donors (Lipinski definition) is 3. The zero-order chi connectivity index (χ0) is 21.4. The number of carbonyl (C=O) groups is 1. The van der Waals surface area contributed by atoms with E-state index in [9.17, 15) is 13.2 Å². The topological polar surface area (TPSA) is 96.5 Å². The third kappa shape index (κ3) is 7.14. The Morgan fingerprint density at radius 1 is 0.767 bits per heavy atom. The number of sulfonamides is 1. The molecule has 0 saturated heterocycles. The van der Waals surface area contributed by atoms with Crippen molar-refractivity contribution in [2.45, 2.75) is 13.1 Å². The molecule has 0 atom stereocenters. The fourth-order valence-electron chi connectivity index (χ4n) is 2.63. The van der Waals surface area contributed by atoms with Gasteiger partial charge in [-0.2, -0.15) is 0 Å². The third-order valence-corrected chi connectivity index (χ3v) is 4.67. The SMILES string of the molecule is CS(=O)(=O)Nc1ccc(CNC(=O)NCc2ccc(Oc3ccccc3)cc2)cc1. The van der Waals surface area contributed by atoms with Crippen LogP contribution in [0.25, 0.3) is 0 Å². The summed E-state index contributed by atoms with van der Waals surface area (Å²) in [5.74, 6) is 1.49. The molecule has 0 aliphatic heterocycles. The molecule has 0 bridgehead atoms. The van der Waals surface area contributed by atoms with Crippen molar-refractivity contribution in [3.8, 4) is 11.5 Å². The van der Waals surface area contributed by atoms with Gasteiger partial charge in [-0.25, -0.2) is 13.2 Å². The normalized spacial score (nSPS) is 10.8. The summed E-state index contributed by atoms with van der Waals surface area (Å²) in [4.78, 5) is 12.0. The summed E-state index contributed by atoms with van der Waals surface area (Å²) in [6, 6.07) is 23.5. The van der Waals surface area contributed by atoms with E-state index in [-0.39, 0.29) is 6.03 Å². The van der Waals surface area contributed by atoms with Gasteiger partial charge < -0.3 is 15.4 Å².